The number of nitrogens with zero attached hydrogens (tertiary/aromatic N) is 1. The molecule has 2 rings (SSSR count). The van der Waals surface area contributed by atoms with Crippen LogP contribution < -0.4 is 5.32 Å². The van der Waals surface area contributed by atoms with E-state index in [-0.39, 0.29) is 5.57 Å². The van der Waals surface area contributed by atoms with Gasteiger partial charge in [0.25, 0.3) is 5.91 Å². The molecule has 0 saturated carbocycles. The molecule has 0 heterocycles. The van der Waals surface area contributed by atoms with Crippen molar-refractivity contribution in [3.63, 3.8) is 0 Å². The third-order valence-electron chi connectivity index (χ3n) is 3.15. The lowest BCUT2D eigenvalue weighted by atomic mass is 10.1. The molecule has 0 bridgehead atoms. The first-order chi connectivity index (χ1) is 10.1. The van der Waals surface area contributed by atoms with E-state index >= 15 is 0 Å². The van der Waals surface area contributed by atoms with E-state index in [4.69, 9.17) is 0 Å². The van der Waals surface area contributed by atoms with Crippen LogP contribution in [-0.2, 0) is 4.79 Å². The Labute approximate surface area is 124 Å². The second-order valence-corrected chi connectivity index (χ2v) is 4.85. The van der Waals surface area contributed by atoms with Crippen LogP contribution >= 0.6 is 0 Å². The number of benzene rings is 2. The molecule has 2 aromatic rings. The largest absolute Gasteiger partial charge is 0.321 e. The molecule has 3 heteroatoms. The number of amides is 1. The third-order valence-corrected chi connectivity index (χ3v) is 3.15. The number of hydrogen-bond acceptors (Lipinski definition) is 2. The van der Waals surface area contributed by atoms with Gasteiger partial charge in [0.2, 0.25) is 0 Å². The lowest BCUT2D eigenvalue weighted by molar-refractivity contribution is -0.112. The van der Waals surface area contributed by atoms with Gasteiger partial charge in [0.05, 0.1) is 0 Å². The Hall–Kier alpha value is -2.86. The van der Waals surface area contributed by atoms with Crippen molar-refractivity contribution in [2.24, 2.45) is 0 Å². The fourth-order valence-electron chi connectivity index (χ4n) is 1.88. The number of carbonyl (C=O) groups is 1. The van der Waals surface area contributed by atoms with Gasteiger partial charge in [-0.25, -0.2) is 0 Å². The number of nitrogens with one attached hydrogen (secondary N) is 1. The zero-order valence-electron chi connectivity index (χ0n) is 12.1. The fraction of sp³-hybridized carbons (Fsp3) is 0.111. The fourth-order valence-corrected chi connectivity index (χ4v) is 1.88. The van der Waals surface area contributed by atoms with Crippen molar-refractivity contribution in [2.75, 3.05) is 5.32 Å². The molecule has 0 fully saturated rings. The highest BCUT2D eigenvalue weighted by molar-refractivity contribution is 6.09. The molecule has 1 N–H and O–H groups in total. The first-order valence-electron chi connectivity index (χ1n) is 6.65. The minimum Gasteiger partial charge on any atom is -0.321 e. The van der Waals surface area contributed by atoms with Crippen molar-refractivity contribution in [1.82, 2.24) is 0 Å². The predicted octanol–water partition coefficient (Wildman–Crippen LogP) is 3.85. The molecule has 0 aromatic heterocycles. The van der Waals surface area contributed by atoms with Crippen molar-refractivity contribution in [3.05, 3.63) is 70.8 Å². The first-order valence-corrected chi connectivity index (χ1v) is 6.65. The van der Waals surface area contributed by atoms with Crippen LogP contribution in [0.2, 0.25) is 0 Å². The monoisotopic (exact) mass is 276 g/mol. The maximum Gasteiger partial charge on any atom is 0.266 e. The summed E-state index contributed by atoms with van der Waals surface area (Å²) in [6.07, 6.45) is 1.59. The van der Waals surface area contributed by atoms with Crippen LogP contribution in [0.15, 0.2) is 54.1 Å². The summed E-state index contributed by atoms with van der Waals surface area (Å²) in [5.41, 5.74) is 3.72. The summed E-state index contributed by atoms with van der Waals surface area (Å²) in [5.74, 6) is -0.396. The van der Waals surface area contributed by atoms with Crippen LogP contribution in [0.4, 0.5) is 5.69 Å². The molecule has 1 amide bonds. The lowest BCUT2D eigenvalue weighted by Gasteiger charge is -2.07. The maximum atomic E-state index is 12.2. The van der Waals surface area contributed by atoms with Crippen molar-refractivity contribution >= 4 is 17.7 Å². The Morgan fingerprint density at radius 2 is 1.76 bits per heavy atom. The zero-order valence-corrected chi connectivity index (χ0v) is 12.1. The number of rotatable bonds is 3. The quantitative estimate of drug-likeness (QED) is 0.684. The third kappa shape index (κ3) is 3.80. The van der Waals surface area contributed by atoms with Crippen molar-refractivity contribution in [2.45, 2.75) is 13.8 Å². The average Bonchev–Trinajstić information content (AvgIpc) is 2.49. The molecule has 21 heavy (non-hydrogen) atoms. The first kappa shape index (κ1) is 14.5. The van der Waals surface area contributed by atoms with E-state index < -0.39 is 5.91 Å². The van der Waals surface area contributed by atoms with Gasteiger partial charge in [-0.15, -0.1) is 0 Å². The molecule has 104 valence electrons. The van der Waals surface area contributed by atoms with Crippen molar-refractivity contribution in [3.8, 4) is 6.07 Å². The van der Waals surface area contributed by atoms with Crippen molar-refractivity contribution in [1.29, 1.82) is 5.26 Å². The van der Waals surface area contributed by atoms with Gasteiger partial charge in [-0.2, -0.15) is 5.26 Å². The summed E-state index contributed by atoms with van der Waals surface area (Å²) in [7, 11) is 0. The molecule has 0 atom stereocenters. The summed E-state index contributed by atoms with van der Waals surface area (Å²) in [5, 5.41) is 11.9. The summed E-state index contributed by atoms with van der Waals surface area (Å²) >= 11 is 0. The van der Waals surface area contributed by atoms with E-state index in [1.807, 2.05) is 68.4 Å². The normalized spacial score (nSPS) is 10.8. The van der Waals surface area contributed by atoms with Crippen LogP contribution in [0.5, 0.6) is 0 Å². The summed E-state index contributed by atoms with van der Waals surface area (Å²) < 4.78 is 0. The molecule has 3 nitrogen and oxygen atoms in total. The number of nitriles is 1. The van der Waals surface area contributed by atoms with E-state index in [1.165, 1.54) is 0 Å². The number of aryl methyl sites for hydroxylation is 2. The molecule has 0 aliphatic heterocycles. The molecule has 0 radical (unpaired) electrons. The van der Waals surface area contributed by atoms with Crippen LogP contribution in [0.3, 0.4) is 0 Å². The van der Waals surface area contributed by atoms with Gasteiger partial charge in [0.15, 0.2) is 0 Å². The highest BCUT2D eigenvalue weighted by atomic mass is 16.1. The minimum absolute atomic E-state index is 0.0853. The standard InChI is InChI=1S/C18H16N2O/c1-13-7-9-15(10-8-13)11-16(12-19)18(21)20-17-6-4-3-5-14(17)2/h3-11H,1-2H3,(H,20,21)/b16-11+. The van der Waals surface area contributed by atoms with Crippen LogP contribution in [-0.4, -0.2) is 5.91 Å². The summed E-state index contributed by atoms with van der Waals surface area (Å²) in [6, 6.07) is 17.1. The lowest BCUT2D eigenvalue weighted by Crippen LogP contribution is -2.14. The van der Waals surface area contributed by atoms with Gasteiger partial charge in [-0.1, -0.05) is 48.0 Å². The van der Waals surface area contributed by atoms with E-state index in [1.54, 1.807) is 6.08 Å². The average molecular weight is 276 g/mol. The predicted molar refractivity (Wildman–Crippen MR) is 84.6 cm³/mol. The Morgan fingerprint density at radius 1 is 1.10 bits per heavy atom. The minimum atomic E-state index is -0.396. The highest BCUT2D eigenvalue weighted by Crippen LogP contribution is 2.15. The van der Waals surface area contributed by atoms with Gasteiger partial charge in [0, 0.05) is 5.69 Å². The number of carbonyl (C=O) groups excluding carboxylic acids is 1. The molecule has 0 aliphatic carbocycles. The van der Waals surface area contributed by atoms with E-state index in [9.17, 15) is 10.1 Å². The number of hydrogen-bond donors (Lipinski definition) is 1. The van der Waals surface area contributed by atoms with Crippen LogP contribution in [0.1, 0.15) is 16.7 Å². The Morgan fingerprint density at radius 3 is 2.38 bits per heavy atom. The smallest absolute Gasteiger partial charge is 0.266 e. The van der Waals surface area contributed by atoms with Gasteiger partial charge < -0.3 is 5.32 Å². The SMILES string of the molecule is Cc1ccc(/C=C(\C#N)C(=O)Nc2ccccc2C)cc1. The summed E-state index contributed by atoms with van der Waals surface area (Å²) in [4.78, 5) is 12.2. The second-order valence-electron chi connectivity index (χ2n) is 4.85. The topological polar surface area (TPSA) is 52.9 Å². The van der Waals surface area contributed by atoms with E-state index in [2.05, 4.69) is 5.32 Å². The van der Waals surface area contributed by atoms with Gasteiger partial charge in [0.1, 0.15) is 11.6 Å². The molecular formula is C18H16N2O. The van der Waals surface area contributed by atoms with Gasteiger partial charge in [-0.05, 0) is 37.1 Å². The molecule has 0 saturated heterocycles. The number of para-hydroxylation sites is 1. The second kappa shape index (κ2) is 6.53. The molecule has 0 spiro atoms. The van der Waals surface area contributed by atoms with Crippen molar-refractivity contribution < 1.29 is 4.79 Å². The van der Waals surface area contributed by atoms with E-state index in [0.29, 0.717) is 5.69 Å². The zero-order chi connectivity index (χ0) is 15.2. The molecule has 0 unspecified atom stereocenters. The van der Waals surface area contributed by atoms with E-state index in [0.717, 1.165) is 16.7 Å². The van der Waals surface area contributed by atoms with Crippen LogP contribution in [0.25, 0.3) is 6.08 Å². The number of anilines is 1. The Balaban J connectivity index is 2.21. The molecule has 2 aromatic carbocycles. The Bertz CT molecular complexity index is 722. The molecular weight excluding hydrogens is 260 g/mol. The van der Waals surface area contributed by atoms with Gasteiger partial charge in [-0.3, -0.25) is 4.79 Å². The van der Waals surface area contributed by atoms with Gasteiger partial charge >= 0.3 is 0 Å². The molecule has 0 aliphatic rings. The highest BCUT2D eigenvalue weighted by Gasteiger charge is 2.10. The summed E-state index contributed by atoms with van der Waals surface area (Å²) in [6.45, 7) is 3.90. The van der Waals surface area contributed by atoms with Crippen LogP contribution in [0, 0.1) is 25.2 Å². The Kier molecular flexibility index (Phi) is 4.53. The maximum absolute atomic E-state index is 12.2.